The molecule has 3 rings (SSSR count). The van der Waals surface area contributed by atoms with Crippen molar-refractivity contribution in [3.8, 4) is 5.75 Å². The molecular weight excluding hydrogens is 370 g/mol. The van der Waals surface area contributed by atoms with E-state index in [9.17, 15) is 14.9 Å². The van der Waals surface area contributed by atoms with Gasteiger partial charge in [-0.05, 0) is 48.9 Å². The van der Waals surface area contributed by atoms with Crippen molar-refractivity contribution in [1.82, 2.24) is 4.98 Å². The van der Waals surface area contributed by atoms with Gasteiger partial charge >= 0.3 is 0 Å². The van der Waals surface area contributed by atoms with Crippen LogP contribution in [0.1, 0.15) is 16.8 Å². The average Bonchev–Trinajstić information content (AvgIpc) is 2.73. The second kappa shape index (κ2) is 9.27. The lowest BCUT2D eigenvalue weighted by Crippen LogP contribution is -2.08. The van der Waals surface area contributed by atoms with Crippen LogP contribution in [0.3, 0.4) is 0 Å². The van der Waals surface area contributed by atoms with Gasteiger partial charge in [0.2, 0.25) is 5.91 Å². The van der Waals surface area contributed by atoms with Crippen LogP contribution >= 0.6 is 0 Å². The standard InChI is InChI=1S/C22H19N3O4/c1-16-5-9-18(14-21(16)25(27)28)24-22(26)12-8-17-6-10-20(11-7-17)29-15-19-4-2-3-13-23-19/h2-14H,15H2,1H3,(H,24,26)/b12-8+. The summed E-state index contributed by atoms with van der Waals surface area (Å²) in [5.41, 5.74) is 2.53. The number of hydrogen-bond acceptors (Lipinski definition) is 5. The van der Waals surface area contributed by atoms with Crippen LogP contribution in [0, 0.1) is 17.0 Å². The van der Waals surface area contributed by atoms with Gasteiger partial charge in [0, 0.05) is 29.6 Å². The quantitative estimate of drug-likeness (QED) is 0.364. The van der Waals surface area contributed by atoms with E-state index in [1.54, 1.807) is 31.3 Å². The number of ether oxygens (including phenoxy) is 1. The van der Waals surface area contributed by atoms with Gasteiger partial charge in [-0.1, -0.05) is 24.3 Å². The molecule has 0 bridgehead atoms. The Balaban J connectivity index is 1.56. The number of pyridine rings is 1. The molecule has 1 N–H and O–H groups in total. The fraction of sp³-hybridized carbons (Fsp3) is 0.0909. The highest BCUT2D eigenvalue weighted by molar-refractivity contribution is 6.02. The monoisotopic (exact) mass is 389 g/mol. The molecule has 0 fully saturated rings. The number of nitro groups is 1. The molecule has 29 heavy (non-hydrogen) atoms. The first-order chi connectivity index (χ1) is 14.0. The summed E-state index contributed by atoms with van der Waals surface area (Å²) in [6.45, 7) is 2.02. The van der Waals surface area contributed by atoms with Crippen molar-refractivity contribution < 1.29 is 14.5 Å². The van der Waals surface area contributed by atoms with Crippen LogP contribution in [-0.4, -0.2) is 15.8 Å². The molecule has 0 aliphatic carbocycles. The Morgan fingerprint density at radius 2 is 1.97 bits per heavy atom. The smallest absolute Gasteiger partial charge is 0.274 e. The van der Waals surface area contributed by atoms with Crippen LogP contribution in [0.15, 0.2) is 72.9 Å². The number of benzene rings is 2. The minimum Gasteiger partial charge on any atom is -0.487 e. The molecule has 0 aliphatic heterocycles. The van der Waals surface area contributed by atoms with Gasteiger partial charge < -0.3 is 10.1 Å². The van der Waals surface area contributed by atoms with Crippen LogP contribution in [0.25, 0.3) is 6.08 Å². The zero-order chi connectivity index (χ0) is 20.6. The Labute approximate surface area is 167 Å². The lowest BCUT2D eigenvalue weighted by Gasteiger charge is -2.06. The summed E-state index contributed by atoms with van der Waals surface area (Å²) in [5, 5.41) is 13.6. The summed E-state index contributed by atoms with van der Waals surface area (Å²) < 4.78 is 5.67. The van der Waals surface area contributed by atoms with E-state index in [-0.39, 0.29) is 11.6 Å². The van der Waals surface area contributed by atoms with Gasteiger partial charge in [0.05, 0.1) is 10.6 Å². The first-order valence-corrected chi connectivity index (χ1v) is 8.88. The van der Waals surface area contributed by atoms with Crippen molar-refractivity contribution in [3.05, 3.63) is 99.9 Å². The highest BCUT2D eigenvalue weighted by Gasteiger charge is 2.11. The number of carbonyl (C=O) groups excluding carboxylic acids is 1. The van der Waals surface area contributed by atoms with Crippen molar-refractivity contribution in [2.45, 2.75) is 13.5 Å². The molecule has 0 unspecified atom stereocenters. The number of nitrogens with zero attached hydrogens (tertiary/aromatic N) is 2. The van der Waals surface area contributed by atoms with E-state index in [0.717, 1.165) is 11.3 Å². The molecule has 0 atom stereocenters. The predicted molar refractivity (Wildman–Crippen MR) is 111 cm³/mol. The number of anilines is 1. The summed E-state index contributed by atoms with van der Waals surface area (Å²) >= 11 is 0. The lowest BCUT2D eigenvalue weighted by molar-refractivity contribution is -0.385. The molecule has 7 heteroatoms. The van der Waals surface area contributed by atoms with Gasteiger partial charge in [-0.2, -0.15) is 0 Å². The predicted octanol–water partition coefficient (Wildman–Crippen LogP) is 4.53. The van der Waals surface area contributed by atoms with Crippen LogP contribution in [0.2, 0.25) is 0 Å². The molecule has 146 valence electrons. The molecule has 0 aliphatic rings. The normalized spacial score (nSPS) is 10.7. The van der Waals surface area contributed by atoms with E-state index in [4.69, 9.17) is 4.74 Å². The summed E-state index contributed by atoms with van der Waals surface area (Å²) in [6.07, 6.45) is 4.74. The highest BCUT2D eigenvalue weighted by Crippen LogP contribution is 2.22. The van der Waals surface area contributed by atoms with Crippen LogP contribution < -0.4 is 10.1 Å². The van der Waals surface area contributed by atoms with Gasteiger partial charge in [-0.3, -0.25) is 19.9 Å². The first-order valence-electron chi connectivity index (χ1n) is 8.88. The maximum atomic E-state index is 12.1. The van der Waals surface area contributed by atoms with Crippen LogP contribution in [-0.2, 0) is 11.4 Å². The van der Waals surface area contributed by atoms with Crippen molar-refractivity contribution in [2.24, 2.45) is 0 Å². The summed E-state index contributed by atoms with van der Waals surface area (Å²) in [5.74, 6) is 0.322. The number of hydrogen-bond donors (Lipinski definition) is 1. The lowest BCUT2D eigenvalue weighted by atomic mass is 10.2. The molecule has 0 saturated carbocycles. The Bertz CT molecular complexity index is 1030. The number of carbonyl (C=O) groups is 1. The van der Waals surface area contributed by atoms with Gasteiger partial charge in [-0.15, -0.1) is 0 Å². The van der Waals surface area contributed by atoms with E-state index in [0.29, 0.717) is 23.6 Å². The third-order valence-corrected chi connectivity index (χ3v) is 4.09. The fourth-order valence-corrected chi connectivity index (χ4v) is 2.56. The number of nitrogens with one attached hydrogen (secondary N) is 1. The Hall–Kier alpha value is -4.00. The molecule has 1 amide bonds. The number of rotatable bonds is 7. The molecule has 3 aromatic rings. The van der Waals surface area contributed by atoms with Gasteiger partial charge in [0.1, 0.15) is 12.4 Å². The second-order valence-electron chi connectivity index (χ2n) is 6.26. The van der Waals surface area contributed by atoms with E-state index in [1.165, 1.54) is 12.1 Å². The van der Waals surface area contributed by atoms with Gasteiger partial charge in [0.15, 0.2) is 0 Å². The Morgan fingerprint density at radius 3 is 2.66 bits per heavy atom. The van der Waals surface area contributed by atoms with Gasteiger partial charge in [0.25, 0.3) is 5.69 Å². The van der Waals surface area contributed by atoms with E-state index in [1.807, 2.05) is 42.5 Å². The minimum atomic E-state index is -0.474. The molecule has 1 heterocycles. The summed E-state index contributed by atoms with van der Waals surface area (Å²) in [4.78, 5) is 26.8. The number of aromatic nitrogens is 1. The van der Waals surface area contributed by atoms with E-state index in [2.05, 4.69) is 10.3 Å². The maximum Gasteiger partial charge on any atom is 0.274 e. The summed E-state index contributed by atoms with van der Waals surface area (Å²) in [6, 6.07) is 17.5. The fourth-order valence-electron chi connectivity index (χ4n) is 2.56. The van der Waals surface area contributed by atoms with Crippen LogP contribution in [0.4, 0.5) is 11.4 Å². The third-order valence-electron chi connectivity index (χ3n) is 4.09. The highest BCUT2D eigenvalue weighted by atomic mass is 16.6. The van der Waals surface area contributed by atoms with Crippen molar-refractivity contribution >= 4 is 23.4 Å². The summed E-state index contributed by atoms with van der Waals surface area (Å²) in [7, 11) is 0. The first kappa shape index (κ1) is 19.8. The maximum absolute atomic E-state index is 12.1. The number of nitro benzene ring substituents is 1. The Kier molecular flexibility index (Phi) is 6.32. The third kappa shape index (κ3) is 5.74. The molecule has 0 saturated heterocycles. The molecule has 0 spiro atoms. The molecule has 2 aromatic carbocycles. The number of amides is 1. The van der Waals surface area contributed by atoms with Crippen molar-refractivity contribution in [2.75, 3.05) is 5.32 Å². The minimum absolute atomic E-state index is 0.0342. The zero-order valence-corrected chi connectivity index (χ0v) is 15.7. The van der Waals surface area contributed by atoms with E-state index >= 15 is 0 Å². The van der Waals surface area contributed by atoms with E-state index < -0.39 is 4.92 Å². The topological polar surface area (TPSA) is 94.4 Å². The largest absolute Gasteiger partial charge is 0.487 e. The second-order valence-corrected chi connectivity index (χ2v) is 6.26. The number of aryl methyl sites for hydroxylation is 1. The SMILES string of the molecule is Cc1ccc(NC(=O)/C=C/c2ccc(OCc3ccccn3)cc2)cc1[N+](=O)[O-]. The van der Waals surface area contributed by atoms with Gasteiger partial charge in [-0.25, -0.2) is 0 Å². The van der Waals surface area contributed by atoms with Crippen LogP contribution in [0.5, 0.6) is 5.75 Å². The zero-order valence-electron chi connectivity index (χ0n) is 15.7. The van der Waals surface area contributed by atoms with Crippen molar-refractivity contribution in [1.29, 1.82) is 0 Å². The molecule has 7 nitrogen and oxygen atoms in total. The van der Waals surface area contributed by atoms with Crippen molar-refractivity contribution in [3.63, 3.8) is 0 Å². The molecular formula is C22H19N3O4. The average molecular weight is 389 g/mol. The molecule has 1 aromatic heterocycles. The Morgan fingerprint density at radius 1 is 1.17 bits per heavy atom. The molecule has 0 radical (unpaired) electrons.